The molecule has 0 saturated carbocycles. The average molecular weight is 282 g/mol. The van der Waals surface area contributed by atoms with Crippen molar-refractivity contribution in [3.63, 3.8) is 0 Å². The Labute approximate surface area is 119 Å². The predicted molar refractivity (Wildman–Crippen MR) is 78.9 cm³/mol. The summed E-state index contributed by atoms with van der Waals surface area (Å²) in [5.74, 6) is 1.13. The molecule has 0 bridgehead atoms. The molecule has 1 aliphatic heterocycles. The fourth-order valence-corrected chi connectivity index (χ4v) is 2.63. The lowest BCUT2D eigenvalue weighted by molar-refractivity contribution is 0.146. The van der Waals surface area contributed by atoms with E-state index in [1.54, 1.807) is 7.11 Å². The molecule has 0 aromatic heterocycles. The number of ether oxygens (including phenoxy) is 2. The summed E-state index contributed by atoms with van der Waals surface area (Å²) in [6.07, 6.45) is 2.97. The summed E-state index contributed by atoms with van der Waals surface area (Å²) in [6, 6.07) is 4.33. The van der Waals surface area contributed by atoms with Crippen molar-refractivity contribution in [2.24, 2.45) is 4.99 Å². The van der Waals surface area contributed by atoms with Crippen LogP contribution in [0.4, 0.5) is 0 Å². The molecule has 0 saturated heterocycles. The molecule has 0 aliphatic carbocycles. The van der Waals surface area contributed by atoms with Gasteiger partial charge in [-0.1, -0.05) is 25.4 Å². The van der Waals surface area contributed by atoms with Gasteiger partial charge in [-0.05, 0) is 29.7 Å². The second kappa shape index (κ2) is 6.40. The van der Waals surface area contributed by atoms with Crippen molar-refractivity contribution in [2.75, 3.05) is 20.3 Å². The van der Waals surface area contributed by atoms with Crippen LogP contribution in [0.25, 0.3) is 0 Å². The number of methoxy groups -OCH3 is 1. The Balaban J connectivity index is 2.26. The van der Waals surface area contributed by atoms with Crippen molar-refractivity contribution in [2.45, 2.75) is 32.2 Å². The van der Waals surface area contributed by atoms with Crippen LogP contribution in [0.5, 0.6) is 5.75 Å². The molecule has 2 atom stereocenters. The second-order valence-corrected chi connectivity index (χ2v) is 5.20. The van der Waals surface area contributed by atoms with Crippen molar-refractivity contribution >= 4 is 17.8 Å². The topological polar surface area (TPSA) is 30.8 Å². The van der Waals surface area contributed by atoms with Gasteiger partial charge < -0.3 is 9.47 Å². The number of nitrogens with zero attached hydrogens (tertiary/aromatic N) is 1. The zero-order valence-corrected chi connectivity index (χ0v) is 12.4. The van der Waals surface area contributed by atoms with Crippen molar-refractivity contribution in [1.29, 1.82) is 0 Å². The zero-order chi connectivity index (χ0) is 13.8. The maximum Gasteiger partial charge on any atom is 0.138 e. The van der Waals surface area contributed by atoms with Gasteiger partial charge in [0.2, 0.25) is 0 Å². The smallest absolute Gasteiger partial charge is 0.138 e. The van der Waals surface area contributed by atoms with E-state index >= 15 is 0 Å². The van der Waals surface area contributed by atoms with E-state index in [2.05, 4.69) is 18.8 Å². The molecule has 2 rings (SSSR count). The summed E-state index contributed by atoms with van der Waals surface area (Å²) in [4.78, 5) is 4.57. The van der Waals surface area contributed by atoms with E-state index < -0.39 is 0 Å². The first-order valence-electron chi connectivity index (χ1n) is 6.65. The third-order valence-electron chi connectivity index (χ3n) is 3.57. The maximum atomic E-state index is 6.23. The second-order valence-electron chi connectivity index (χ2n) is 4.80. The largest absolute Gasteiger partial charge is 0.490 e. The lowest BCUT2D eigenvalue weighted by Crippen LogP contribution is -2.19. The van der Waals surface area contributed by atoms with E-state index in [0.29, 0.717) is 30.2 Å². The van der Waals surface area contributed by atoms with Crippen LogP contribution in [0, 0.1) is 0 Å². The number of benzene rings is 1. The van der Waals surface area contributed by atoms with Gasteiger partial charge in [0.25, 0.3) is 0 Å². The predicted octanol–water partition coefficient (Wildman–Crippen LogP) is 3.68. The van der Waals surface area contributed by atoms with E-state index in [-0.39, 0.29) is 0 Å². The summed E-state index contributed by atoms with van der Waals surface area (Å²) < 4.78 is 10.6. The Morgan fingerprint density at radius 2 is 2.11 bits per heavy atom. The van der Waals surface area contributed by atoms with Gasteiger partial charge in [-0.25, -0.2) is 0 Å². The molecule has 0 spiro atoms. The van der Waals surface area contributed by atoms with Gasteiger partial charge in [-0.2, -0.15) is 0 Å². The average Bonchev–Trinajstić information content (AvgIpc) is 2.41. The Morgan fingerprint density at radius 3 is 2.79 bits per heavy atom. The summed E-state index contributed by atoms with van der Waals surface area (Å²) >= 11 is 6.23. The lowest BCUT2D eigenvalue weighted by atomic mass is 9.86. The first-order valence-corrected chi connectivity index (χ1v) is 7.03. The van der Waals surface area contributed by atoms with Crippen LogP contribution < -0.4 is 4.74 Å². The third-order valence-corrected chi connectivity index (χ3v) is 3.87. The Hall–Kier alpha value is -1.06. The highest BCUT2D eigenvalue weighted by atomic mass is 35.5. The maximum absolute atomic E-state index is 6.23. The van der Waals surface area contributed by atoms with Gasteiger partial charge in [0.1, 0.15) is 12.4 Å². The molecule has 3 nitrogen and oxygen atoms in total. The van der Waals surface area contributed by atoms with Gasteiger partial charge in [0.05, 0.1) is 17.7 Å². The van der Waals surface area contributed by atoms with E-state index in [1.165, 1.54) is 5.56 Å². The minimum absolute atomic E-state index is 0.348. The number of fused-ring (bicyclic) bond motifs is 1. The summed E-state index contributed by atoms with van der Waals surface area (Å²) in [5, 5.41) is 0.628. The van der Waals surface area contributed by atoms with Crippen molar-refractivity contribution < 1.29 is 9.47 Å². The number of aliphatic imine (C=N–C) groups is 1. The molecule has 19 heavy (non-hydrogen) atoms. The SMILES string of the molecule is CC[C@@H]1N=Cc2cc(Cl)c(OCCOC)cc2[C@@H]1C. The Morgan fingerprint density at radius 1 is 1.32 bits per heavy atom. The van der Waals surface area contributed by atoms with Crippen LogP contribution in [-0.2, 0) is 4.74 Å². The van der Waals surface area contributed by atoms with Crippen LogP contribution in [0.15, 0.2) is 17.1 Å². The number of hydrogen-bond acceptors (Lipinski definition) is 3. The van der Waals surface area contributed by atoms with Crippen LogP contribution in [-0.4, -0.2) is 32.6 Å². The molecule has 0 fully saturated rings. The minimum Gasteiger partial charge on any atom is -0.490 e. The molecule has 0 radical (unpaired) electrons. The van der Waals surface area contributed by atoms with Gasteiger partial charge in [0, 0.05) is 19.2 Å². The molecular weight excluding hydrogens is 262 g/mol. The molecule has 1 heterocycles. The minimum atomic E-state index is 0.348. The highest BCUT2D eigenvalue weighted by Crippen LogP contribution is 2.36. The molecule has 1 aliphatic rings. The van der Waals surface area contributed by atoms with Gasteiger partial charge in [0.15, 0.2) is 0 Å². The van der Waals surface area contributed by atoms with Crippen LogP contribution >= 0.6 is 11.6 Å². The fourth-order valence-electron chi connectivity index (χ4n) is 2.41. The van der Waals surface area contributed by atoms with E-state index in [4.69, 9.17) is 21.1 Å². The standard InChI is InChI=1S/C15H20ClNO2/c1-4-14-10(2)12-8-15(19-6-5-18-3)13(16)7-11(12)9-17-14/h7-10,14H,4-6H2,1-3H3/t10-,14-/m0/s1. The van der Waals surface area contributed by atoms with Crippen molar-refractivity contribution in [3.8, 4) is 5.75 Å². The van der Waals surface area contributed by atoms with E-state index in [9.17, 15) is 0 Å². The lowest BCUT2D eigenvalue weighted by Gasteiger charge is -2.26. The van der Waals surface area contributed by atoms with Crippen LogP contribution in [0.3, 0.4) is 0 Å². The van der Waals surface area contributed by atoms with Crippen LogP contribution in [0.1, 0.15) is 37.3 Å². The third kappa shape index (κ3) is 3.10. The first-order chi connectivity index (χ1) is 9.17. The number of rotatable bonds is 5. The quantitative estimate of drug-likeness (QED) is 0.771. The molecular formula is C15H20ClNO2. The fraction of sp³-hybridized carbons (Fsp3) is 0.533. The van der Waals surface area contributed by atoms with Crippen LogP contribution in [0.2, 0.25) is 5.02 Å². The normalized spacial score (nSPS) is 21.3. The highest BCUT2D eigenvalue weighted by molar-refractivity contribution is 6.32. The first kappa shape index (κ1) is 14.4. The van der Waals surface area contributed by atoms with E-state index in [1.807, 2.05) is 18.3 Å². The molecule has 0 unspecified atom stereocenters. The molecule has 4 heteroatoms. The van der Waals surface area contributed by atoms with Gasteiger partial charge >= 0.3 is 0 Å². The van der Waals surface area contributed by atoms with Gasteiger partial charge in [-0.3, -0.25) is 4.99 Å². The highest BCUT2D eigenvalue weighted by Gasteiger charge is 2.23. The molecule has 0 amide bonds. The van der Waals surface area contributed by atoms with E-state index in [0.717, 1.165) is 17.7 Å². The number of halogens is 1. The summed E-state index contributed by atoms with van der Waals surface area (Å²) in [6.45, 7) is 5.43. The summed E-state index contributed by atoms with van der Waals surface area (Å²) in [5.41, 5.74) is 2.36. The van der Waals surface area contributed by atoms with Crippen molar-refractivity contribution in [3.05, 3.63) is 28.3 Å². The molecule has 104 valence electrons. The number of hydrogen-bond donors (Lipinski definition) is 0. The van der Waals surface area contributed by atoms with Gasteiger partial charge in [-0.15, -0.1) is 0 Å². The molecule has 1 aromatic carbocycles. The zero-order valence-electron chi connectivity index (χ0n) is 11.6. The van der Waals surface area contributed by atoms with Crippen molar-refractivity contribution in [1.82, 2.24) is 0 Å². The summed E-state index contributed by atoms with van der Waals surface area (Å²) in [7, 11) is 1.65. The Bertz CT molecular complexity index is 473. The molecule has 1 aromatic rings. The Kier molecular flexibility index (Phi) is 4.83. The monoisotopic (exact) mass is 281 g/mol. The molecule has 0 N–H and O–H groups in total.